The van der Waals surface area contributed by atoms with E-state index in [9.17, 15) is 4.79 Å². The van der Waals surface area contributed by atoms with Crippen molar-refractivity contribution in [3.63, 3.8) is 0 Å². The van der Waals surface area contributed by atoms with Gasteiger partial charge in [0.25, 0.3) is 5.56 Å². The fourth-order valence-electron chi connectivity index (χ4n) is 3.01. The molecule has 0 bridgehead atoms. The molecule has 2 aromatic carbocycles. The Morgan fingerprint density at radius 2 is 1.85 bits per heavy atom. The van der Waals surface area contributed by atoms with Gasteiger partial charge in [0, 0.05) is 0 Å². The molecule has 2 heterocycles. The Kier molecular flexibility index (Phi) is 4.15. The van der Waals surface area contributed by atoms with Gasteiger partial charge in [-0.05, 0) is 18.2 Å². The third-order valence-electron chi connectivity index (χ3n) is 4.27. The Balaban J connectivity index is 1.85. The monoisotopic (exact) mass is 367 g/mol. The molecule has 27 heavy (non-hydrogen) atoms. The molecule has 0 spiro atoms. The van der Waals surface area contributed by atoms with Crippen molar-refractivity contribution < 1.29 is 18.6 Å². The maximum atomic E-state index is 13.0. The van der Waals surface area contributed by atoms with Crippen LogP contribution in [-0.4, -0.2) is 35.9 Å². The number of rotatable bonds is 5. The Hall–Kier alpha value is -3.55. The number of hydrogen-bond acceptors (Lipinski definition) is 7. The highest BCUT2D eigenvalue weighted by atomic mass is 16.5. The third-order valence-corrected chi connectivity index (χ3v) is 4.27. The van der Waals surface area contributed by atoms with E-state index in [4.69, 9.17) is 18.6 Å². The molecular formula is C19H17N3O5. The van der Waals surface area contributed by atoms with Crippen molar-refractivity contribution in [1.82, 2.24) is 14.5 Å². The second-order valence-corrected chi connectivity index (χ2v) is 5.79. The van der Waals surface area contributed by atoms with Crippen LogP contribution < -0.4 is 19.8 Å². The first-order valence-corrected chi connectivity index (χ1v) is 8.18. The molecule has 0 saturated heterocycles. The van der Waals surface area contributed by atoms with Crippen molar-refractivity contribution in [3.05, 3.63) is 52.9 Å². The lowest BCUT2D eigenvalue weighted by atomic mass is 10.2. The molecule has 0 radical (unpaired) electrons. The van der Waals surface area contributed by atoms with Crippen LogP contribution in [-0.2, 0) is 6.54 Å². The van der Waals surface area contributed by atoms with E-state index in [1.807, 2.05) is 24.3 Å². The number of hydrogen-bond donors (Lipinski definition) is 0. The maximum absolute atomic E-state index is 13.0. The van der Waals surface area contributed by atoms with Gasteiger partial charge in [0.15, 0.2) is 17.1 Å². The first-order chi connectivity index (χ1) is 13.2. The van der Waals surface area contributed by atoms with Gasteiger partial charge in [-0.15, -0.1) is 0 Å². The lowest BCUT2D eigenvalue weighted by molar-refractivity contribution is 0.326. The summed E-state index contributed by atoms with van der Waals surface area (Å²) < 4.78 is 23.2. The normalized spacial score (nSPS) is 11.1. The van der Waals surface area contributed by atoms with Crippen molar-refractivity contribution in [2.24, 2.45) is 0 Å². The molecule has 0 saturated carbocycles. The lowest BCUT2D eigenvalue weighted by Gasteiger charge is -2.14. The molecular weight excluding hydrogens is 350 g/mol. The summed E-state index contributed by atoms with van der Waals surface area (Å²) >= 11 is 0. The molecule has 0 unspecified atom stereocenters. The third kappa shape index (κ3) is 2.75. The average Bonchev–Trinajstić information content (AvgIpc) is 3.11. The largest absolute Gasteiger partial charge is 0.493 e. The van der Waals surface area contributed by atoms with Crippen molar-refractivity contribution in [2.45, 2.75) is 6.54 Å². The quantitative estimate of drug-likeness (QED) is 0.536. The molecule has 0 aliphatic heterocycles. The van der Waals surface area contributed by atoms with Gasteiger partial charge in [-0.25, -0.2) is 9.97 Å². The highest BCUT2D eigenvalue weighted by molar-refractivity contribution is 5.89. The number of para-hydroxylation sites is 2. The molecule has 0 aliphatic rings. The van der Waals surface area contributed by atoms with Gasteiger partial charge < -0.3 is 18.6 Å². The summed E-state index contributed by atoms with van der Waals surface area (Å²) in [6.45, 7) is 0.160. The Morgan fingerprint density at radius 3 is 2.56 bits per heavy atom. The van der Waals surface area contributed by atoms with E-state index in [0.717, 1.165) is 5.52 Å². The van der Waals surface area contributed by atoms with Crippen LogP contribution in [0.3, 0.4) is 0 Å². The molecule has 4 aromatic rings. The van der Waals surface area contributed by atoms with Gasteiger partial charge in [-0.3, -0.25) is 9.36 Å². The van der Waals surface area contributed by atoms with E-state index in [2.05, 4.69) is 9.97 Å². The molecule has 0 atom stereocenters. The maximum Gasteiger partial charge on any atom is 0.261 e. The van der Waals surface area contributed by atoms with Gasteiger partial charge in [0.2, 0.25) is 11.6 Å². The second-order valence-electron chi connectivity index (χ2n) is 5.79. The highest BCUT2D eigenvalue weighted by Crippen LogP contribution is 2.41. The van der Waals surface area contributed by atoms with Gasteiger partial charge in [0.1, 0.15) is 17.6 Å². The molecule has 0 N–H and O–H groups in total. The summed E-state index contributed by atoms with van der Waals surface area (Å²) in [5, 5.41) is 0.350. The number of methoxy groups -OCH3 is 3. The summed E-state index contributed by atoms with van der Waals surface area (Å²) in [5.74, 6) is 1.54. The van der Waals surface area contributed by atoms with E-state index >= 15 is 0 Å². The van der Waals surface area contributed by atoms with E-state index in [0.29, 0.717) is 39.6 Å². The van der Waals surface area contributed by atoms with Crippen LogP contribution in [0.2, 0.25) is 0 Å². The fourth-order valence-corrected chi connectivity index (χ4v) is 3.01. The van der Waals surface area contributed by atoms with E-state index in [-0.39, 0.29) is 12.1 Å². The zero-order valence-electron chi connectivity index (χ0n) is 15.1. The van der Waals surface area contributed by atoms with Crippen LogP contribution in [0.5, 0.6) is 17.2 Å². The van der Waals surface area contributed by atoms with Gasteiger partial charge in [-0.2, -0.15) is 0 Å². The van der Waals surface area contributed by atoms with Crippen LogP contribution in [0.15, 0.2) is 45.9 Å². The predicted octanol–water partition coefficient (Wildman–Crippen LogP) is 2.61. The van der Waals surface area contributed by atoms with E-state index < -0.39 is 0 Å². The van der Waals surface area contributed by atoms with Gasteiger partial charge >= 0.3 is 0 Å². The van der Waals surface area contributed by atoms with Crippen LogP contribution in [0, 0.1) is 0 Å². The minimum absolute atomic E-state index is 0.160. The zero-order chi connectivity index (χ0) is 19.0. The van der Waals surface area contributed by atoms with Crippen LogP contribution >= 0.6 is 0 Å². The minimum Gasteiger partial charge on any atom is -0.493 e. The van der Waals surface area contributed by atoms with Gasteiger partial charge in [0.05, 0.1) is 33.0 Å². The summed E-state index contributed by atoms with van der Waals surface area (Å²) in [7, 11) is 4.49. The predicted molar refractivity (Wildman–Crippen MR) is 98.8 cm³/mol. The topological polar surface area (TPSA) is 88.6 Å². The molecule has 0 aliphatic carbocycles. The first kappa shape index (κ1) is 16.9. The number of fused-ring (bicyclic) bond motifs is 2. The van der Waals surface area contributed by atoms with Crippen LogP contribution in [0.1, 0.15) is 5.89 Å². The lowest BCUT2D eigenvalue weighted by Crippen LogP contribution is -2.21. The Labute approximate surface area is 153 Å². The summed E-state index contributed by atoms with van der Waals surface area (Å²) in [6.07, 6.45) is 1.44. The van der Waals surface area contributed by atoms with Crippen molar-refractivity contribution in [1.29, 1.82) is 0 Å². The zero-order valence-corrected chi connectivity index (χ0v) is 15.1. The average molecular weight is 367 g/mol. The molecule has 8 heteroatoms. The van der Waals surface area contributed by atoms with Crippen molar-refractivity contribution >= 4 is 22.0 Å². The number of benzene rings is 2. The van der Waals surface area contributed by atoms with Crippen LogP contribution in [0.25, 0.3) is 22.0 Å². The number of ether oxygens (including phenoxy) is 3. The smallest absolute Gasteiger partial charge is 0.261 e. The first-order valence-electron chi connectivity index (χ1n) is 8.18. The molecule has 4 rings (SSSR count). The standard InChI is InChI=1S/C19H17N3O5/c1-24-14-8-11-16(18(26-3)17(14)25-2)20-10-22(19(11)23)9-15-21-12-6-4-5-7-13(12)27-15/h4-8,10H,9H2,1-3H3. The van der Waals surface area contributed by atoms with E-state index in [1.165, 1.54) is 32.2 Å². The summed E-state index contributed by atoms with van der Waals surface area (Å²) in [6, 6.07) is 9.02. The second kappa shape index (κ2) is 6.64. The molecule has 138 valence electrons. The SMILES string of the molecule is COc1cc2c(=O)n(Cc3nc4ccccc4o3)cnc2c(OC)c1OC. The number of aromatic nitrogens is 3. The number of nitrogens with zero attached hydrogens (tertiary/aromatic N) is 3. The molecule has 8 nitrogen and oxygen atoms in total. The minimum atomic E-state index is -0.262. The summed E-state index contributed by atoms with van der Waals surface area (Å²) in [5.41, 5.74) is 1.54. The van der Waals surface area contributed by atoms with Crippen LogP contribution in [0.4, 0.5) is 0 Å². The summed E-state index contributed by atoms with van der Waals surface area (Å²) in [4.78, 5) is 21.8. The molecule has 0 fully saturated rings. The van der Waals surface area contributed by atoms with Gasteiger partial charge in [-0.1, -0.05) is 12.1 Å². The Bertz CT molecular complexity index is 1160. The van der Waals surface area contributed by atoms with E-state index in [1.54, 1.807) is 6.07 Å². The van der Waals surface area contributed by atoms with Crippen molar-refractivity contribution in [3.8, 4) is 17.2 Å². The molecule has 2 aromatic heterocycles. The Morgan fingerprint density at radius 1 is 1.07 bits per heavy atom. The van der Waals surface area contributed by atoms with Crippen molar-refractivity contribution in [2.75, 3.05) is 21.3 Å². The number of oxazole rings is 1. The highest BCUT2D eigenvalue weighted by Gasteiger charge is 2.20. The fraction of sp³-hybridized carbons (Fsp3) is 0.211. The molecule has 0 amide bonds.